The molecule has 3 aromatic rings. The van der Waals surface area contributed by atoms with Gasteiger partial charge >= 0.3 is 0 Å². The number of nitriles is 1. The van der Waals surface area contributed by atoms with E-state index in [1.54, 1.807) is 18.2 Å². The number of carbonyl (C=O) groups excluding carboxylic acids is 1. The van der Waals surface area contributed by atoms with Crippen LogP contribution >= 0.6 is 0 Å². The summed E-state index contributed by atoms with van der Waals surface area (Å²) in [6.07, 6.45) is 1.06. The van der Waals surface area contributed by atoms with Gasteiger partial charge < -0.3 is 19.9 Å². The third kappa shape index (κ3) is 7.09. The molecule has 0 saturated heterocycles. The van der Waals surface area contributed by atoms with Crippen LogP contribution in [0.15, 0.2) is 66.7 Å². The lowest BCUT2D eigenvalue weighted by Crippen LogP contribution is -2.26. The summed E-state index contributed by atoms with van der Waals surface area (Å²) in [7, 11) is 0. The maximum Gasteiger partial charge on any atom is 0.251 e. The molecule has 1 amide bonds. The van der Waals surface area contributed by atoms with Gasteiger partial charge in [-0.25, -0.2) is 0 Å². The predicted molar refractivity (Wildman–Crippen MR) is 131 cm³/mol. The number of hydrogen-bond acceptors (Lipinski definition) is 5. The van der Waals surface area contributed by atoms with Crippen molar-refractivity contribution in [1.82, 2.24) is 5.32 Å². The molecule has 0 aliphatic carbocycles. The smallest absolute Gasteiger partial charge is 0.251 e. The molecule has 0 fully saturated rings. The Hall–Kier alpha value is -3.82. The fourth-order valence-electron chi connectivity index (χ4n) is 3.56. The van der Waals surface area contributed by atoms with Gasteiger partial charge in [-0.1, -0.05) is 36.4 Å². The molecule has 34 heavy (non-hydrogen) atoms. The van der Waals surface area contributed by atoms with E-state index in [4.69, 9.17) is 9.47 Å². The zero-order valence-corrected chi connectivity index (χ0v) is 19.6. The number of amides is 1. The van der Waals surface area contributed by atoms with Crippen molar-refractivity contribution in [3.63, 3.8) is 0 Å². The van der Waals surface area contributed by atoms with Gasteiger partial charge in [0.05, 0.1) is 11.7 Å². The number of aliphatic hydroxyl groups is 1. The first-order valence-electron chi connectivity index (χ1n) is 11.4. The van der Waals surface area contributed by atoms with Gasteiger partial charge in [-0.3, -0.25) is 4.79 Å². The van der Waals surface area contributed by atoms with E-state index in [2.05, 4.69) is 11.4 Å². The first-order chi connectivity index (χ1) is 16.5. The molecular formula is C28H30N2O4. The van der Waals surface area contributed by atoms with Crippen molar-refractivity contribution in [3.8, 4) is 17.6 Å². The summed E-state index contributed by atoms with van der Waals surface area (Å²) in [5.41, 5.74) is 3.86. The normalized spacial score (nSPS) is 10.6. The Kier molecular flexibility index (Phi) is 9.07. The lowest BCUT2D eigenvalue weighted by atomic mass is 10.0. The third-order valence-electron chi connectivity index (χ3n) is 5.21. The maximum atomic E-state index is 12.6. The van der Waals surface area contributed by atoms with Crippen LogP contribution in [0.2, 0.25) is 0 Å². The van der Waals surface area contributed by atoms with Gasteiger partial charge in [-0.2, -0.15) is 5.26 Å². The van der Waals surface area contributed by atoms with Gasteiger partial charge in [0.1, 0.15) is 24.2 Å². The number of benzene rings is 3. The molecule has 0 unspecified atom stereocenters. The van der Waals surface area contributed by atoms with Crippen LogP contribution in [-0.4, -0.2) is 30.3 Å². The minimum atomic E-state index is -0.251. The van der Waals surface area contributed by atoms with Crippen molar-refractivity contribution in [2.24, 2.45) is 0 Å². The van der Waals surface area contributed by atoms with E-state index < -0.39 is 0 Å². The molecule has 0 spiro atoms. The van der Waals surface area contributed by atoms with Crippen molar-refractivity contribution >= 4 is 5.91 Å². The molecule has 0 aliphatic rings. The molecule has 6 heteroatoms. The molecule has 2 N–H and O–H groups in total. The van der Waals surface area contributed by atoms with Crippen molar-refractivity contribution in [2.75, 3.05) is 13.2 Å². The fraction of sp³-hybridized carbons (Fsp3) is 0.286. The number of hydrogen-bond donors (Lipinski definition) is 2. The van der Waals surface area contributed by atoms with Crippen LogP contribution in [0.1, 0.15) is 46.5 Å². The van der Waals surface area contributed by atoms with E-state index >= 15 is 0 Å². The summed E-state index contributed by atoms with van der Waals surface area (Å²) in [5.74, 6) is 0.962. The SMILES string of the molecule is CC(C)Oc1ccc(C(=O)NCCc2ccc(OCc3ccccc3)cc2CCO)cc1C#N. The van der Waals surface area contributed by atoms with Gasteiger partial charge in [0.2, 0.25) is 0 Å². The van der Waals surface area contributed by atoms with Gasteiger partial charge in [0.25, 0.3) is 5.91 Å². The Labute approximate surface area is 200 Å². The molecular weight excluding hydrogens is 428 g/mol. The van der Waals surface area contributed by atoms with E-state index in [0.717, 1.165) is 22.4 Å². The van der Waals surface area contributed by atoms with Crippen molar-refractivity contribution in [2.45, 2.75) is 39.4 Å². The highest BCUT2D eigenvalue weighted by molar-refractivity contribution is 5.94. The Bertz CT molecular complexity index is 1140. The highest BCUT2D eigenvalue weighted by atomic mass is 16.5. The zero-order valence-electron chi connectivity index (χ0n) is 19.6. The number of ether oxygens (including phenoxy) is 2. The van der Waals surface area contributed by atoms with E-state index in [-0.39, 0.29) is 18.6 Å². The van der Waals surface area contributed by atoms with Crippen molar-refractivity contribution < 1.29 is 19.4 Å². The molecule has 0 atom stereocenters. The minimum absolute atomic E-state index is 0.0310. The number of nitrogens with zero attached hydrogens (tertiary/aromatic N) is 1. The van der Waals surface area contributed by atoms with Crippen LogP contribution < -0.4 is 14.8 Å². The summed E-state index contributed by atoms with van der Waals surface area (Å²) in [5, 5.41) is 21.8. The Morgan fingerprint density at radius 3 is 2.53 bits per heavy atom. The Morgan fingerprint density at radius 2 is 1.82 bits per heavy atom. The van der Waals surface area contributed by atoms with E-state index in [1.165, 1.54) is 0 Å². The number of carbonyl (C=O) groups is 1. The third-order valence-corrected chi connectivity index (χ3v) is 5.21. The van der Waals surface area contributed by atoms with E-state index in [1.807, 2.05) is 62.4 Å². The van der Waals surface area contributed by atoms with Gasteiger partial charge in [-0.15, -0.1) is 0 Å². The maximum absolute atomic E-state index is 12.6. The molecule has 0 radical (unpaired) electrons. The van der Waals surface area contributed by atoms with E-state index in [0.29, 0.717) is 42.9 Å². The Morgan fingerprint density at radius 1 is 1.03 bits per heavy atom. The van der Waals surface area contributed by atoms with Crippen LogP contribution in [0.3, 0.4) is 0 Å². The second kappa shape index (κ2) is 12.4. The summed E-state index contributed by atoms with van der Waals surface area (Å²) < 4.78 is 11.5. The van der Waals surface area contributed by atoms with Crippen molar-refractivity contribution in [1.29, 1.82) is 5.26 Å². The Balaban J connectivity index is 1.60. The molecule has 3 rings (SSSR count). The number of aliphatic hydroxyl groups excluding tert-OH is 1. The number of nitrogens with one attached hydrogen (secondary N) is 1. The summed E-state index contributed by atoms with van der Waals surface area (Å²) >= 11 is 0. The van der Waals surface area contributed by atoms with Gasteiger partial charge in [0.15, 0.2) is 0 Å². The van der Waals surface area contributed by atoms with Gasteiger partial charge in [-0.05, 0) is 73.7 Å². The molecule has 176 valence electrons. The second-order valence-corrected chi connectivity index (χ2v) is 8.17. The summed E-state index contributed by atoms with van der Waals surface area (Å²) in [4.78, 5) is 12.6. The zero-order chi connectivity index (χ0) is 24.3. The molecule has 0 heterocycles. The average molecular weight is 459 g/mol. The highest BCUT2D eigenvalue weighted by Crippen LogP contribution is 2.22. The fourth-order valence-corrected chi connectivity index (χ4v) is 3.56. The van der Waals surface area contributed by atoms with Gasteiger partial charge in [0, 0.05) is 18.7 Å². The van der Waals surface area contributed by atoms with Crippen LogP contribution in [-0.2, 0) is 19.4 Å². The highest BCUT2D eigenvalue weighted by Gasteiger charge is 2.12. The average Bonchev–Trinajstić information content (AvgIpc) is 2.84. The lowest BCUT2D eigenvalue weighted by molar-refractivity contribution is 0.0954. The monoisotopic (exact) mass is 458 g/mol. The minimum Gasteiger partial charge on any atom is -0.490 e. The largest absolute Gasteiger partial charge is 0.490 e. The second-order valence-electron chi connectivity index (χ2n) is 8.17. The first kappa shape index (κ1) is 24.8. The number of rotatable bonds is 11. The lowest BCUT2D eigenvalue weighted by Gasteiger charge is -2.14. The quantitative estimate of drug-likeness (QED) is 0.443. The van der Waals surface area contributed by atoms with Crippen LogP contribution in [0, 0.1) is 11.3 Å². The topological polar surface area (TPSA) is 91.6 Å². The molecule has 0 aliphatic heterocycles. The summed E-state index contributed by atoms with van der Waals surface area (Å²) in [6.45, 7) is 4.70. The van der Waals surface area contributed by atoms with Crippen LogP contribution in [0.4, 0.5) is 0 Å². The molecule has 3 aromatic carbocycles. The van der Waals surface area contributed by atoms with E-state index in [9.17, 15) is 15.2 Å². The molecule has 0 bridgehead atoms. The predicted octanol–water partition coefficient (Wildman–Crippen LogP) is 4.43. The first-order valence-corrected chi connectivity index (χ1v) is 11.4. The summed E-state index contributed by atoms with van der Waals surface area (Å²) in [6, 6.07) is 22.7. The van der Waals surface area contributed by atoms with Crippen LogP contribution in [0.5, 0.6) is 11.5 Å². The molecule has 0 aromatic heterocycles. The van der Waals surface area contributed by atoms with Crippen LogP contribution in [0.25, 0.3) is 0 Å². The van der Waals surface area contributed by atoms with Crippen molar-refractivity contribution in [3.05, 3.63) is 94.5 Å². The standard InChI is InChI=1S/C28H30N2O4/c1-20(2)34-27-11-9-24(16-25(27)18-29)28(32)30-14-12-22-8-10-26(17-23(22)13-15-31)33-19-21-6-4-3-5-7-21/h3-11,16-17,20,31H,12-15,19H2,1-2H3,(H,30,32). The molecule has 6 nitrogen and oxygen atoms in total. The molecule has 0 saturated carbocycles.